The van der Waals surface area contributed by atoms with Gasteiger partial charge >= 0.3 is 11.9 Å². The van der Waals surface area contributed by atoms with Crippen LogP contribution in [0.25, 0.3) is 22.3 Å². The molecule has 0 aliphatic heterocycles. The van der Waals surface area contributed by atoms with E-state index in [-0.39, 0.29) is 40.4 Å². The number of carbonyl (C=O) groups excluding carboxylic acids is 2. The van der Waals surface area contributed by atoms with Crippen molar-refractivity contribution in [3.05, 3.63) is 79.5 Å². The van der Waals surface area contributed by atoms with E-state index in [4.69, 9.17) is 0 Å². The molecule has 1 aliphatic rings. The van der Waals surface area contributed by atoms with Crippen molar-refractivity contribution in [2.75, 3.05) is 0 Å². The van der Waals surface area contributed by atoms with Gasteiger partial charge in [0.2, 0.25) is 0 Å². The summed E-state index contributed by atoms with van der Waals surface area (Å²) >= 11 is 0. The Bertz CT molecular complexity index is 1580. The lowest BCUT2D eigenvalue weighted by atomic mass is 9.73. The molecule has 1 saturated carbocycles. The number of rotatable bonds is 2. The largest absolute Gasteiger partial charge is 0.506 e. The summed E-state index contributed by atoms with van der Waals surface area (Å²) in [6.45, 7) is 4.96. The monoisotopic (exact) mass is 500 g/mol. The normalized spacial score (nSPS) is 16.0. The molecule has 0 spiro atoms. The van der Waals surface area contributed by atoms with Gasteiger partial charge in [0.15, 0.2) is 11.6 Å². The number of carbonyl (C=O) groups is 2. The number of hydrogen-bond donors (Lipinski definition) is 1. The van der Waals surface area contributed by atoms with Gasteiger partial charge in [-0.05, 0) is 42.2 Å². The molecule has 36 heavy (non-hydrogen) atoms. The second kappa shape index (κ2) is 8.32. The summed E-state index contributed by atoms with van der Waals surface area (Å²) in [4.78, 5) is 51.9. The number of aliphatic hydroxyl groups is 1. The number of benzene rings is 2. The maximum atomic E-state index is 13.7. The quantitative estimate of drug-likeness (QED) is 0.322. The van der Waals surface area contributed by atoms with Gasteiger partial charge in [0.25, 0.3) is 5.56 Å². The second-order valence-corrected chi connectivity index (χ2v) is 9.72. The van der Waals surface area contributed by atoms with E-state index in [1.54, 1.807) is 13.8 Å². The Balaban J connectivity index is 2.05. The minimum atomic E-state index is -4.83. The zero-order valence-electron chi connectivity index (χ0n) is 20.0. The van der Waals surface area contributed by atoms with Crippen LogP contribution in [0.2, 0.25) is 0 Å². The van der Waals surface area contributed by atoms with E-state index in [2.05, 4.69) is 0 Å². The number of hydrogen-bond acceptors (Lipinski definition) is 5. The molecule has 3 aromatic rings. The van der Waals surface area contributed by atoms with Gasteiger partial charge in [-0.3, -0.25) is 19.0 Å². The lowest BCUT2D eigenvalue weighted by Crippen LogP contribution is -2.39. The molecular formula is C26H23F3N2O5. The summed E-state index contributed by atoms with van der Waals surface area (Å²) in [6.07, 6.45) is -4.74. The van der Waals surface area contributed by atoms with Crippen molar-refractivity contribution in [2.24, 2.45) is 12.5 Å². The molecule has 1 N–H and O–H groups in total. The summed E-state index contributed by atoms with van der Waals surface area (Å²) in [5.41, 5.74) is -4.51. The zero-order valence-corrected chi connectivity index (χ0v) is 20.0. The highest BCUT2D eigenvalue weighted by Crippen LogP contribution is 2.37. The first-order chi connectivity index (χ1) is 16.7. The molecule has 0 saturated heterocycles. The number of nitrogens with zero attached hydrogens (tertiary/aromatic N) is 2. The third-order valence-electron chi connectivity index (χ3n) is 6.48. The number of alkyl halides is 3. The smallest absolute Gasteiger partial charge is 0.418 e. The molecule has 1 fully saturated rings. The van der Waals surface area contributed by atoms with Crippen LogP contribution in [0.5, 0.6) is 0 Å². The van der Waals surface area contributed by atoms with Crippen LogP contribution in [-0.4, -0.2) is 25.8 Å². The average molecular weight is 500 g/mol. The molecule has 0 atom stereocenters. The highest BCUT2D eigenvalue weighted by molar-refractivity contribution is 6.26. The minimum absolute atomic E-state index is 0.00492. The molecule has 4 rings (SSSR count). The van der Waals surface area contributed by atoms with Crippen molar-refractivity contribution < 1.29 is 27.9 Å². The topological polar surface area (TPSA) is 98.4 Å². The molecule has 2 aromatic carbocycles. The van der Waals surface area contributed by atoms with Crippen molar-refractivity contribution in [1.29, 1.82) is 0 Å². The van der Waals surface area contributed by atoms with E-state index in [1.165, 1.54) is 32.2 Å². The molecule has 0 bridgehead atoms. The molecule has 10 heteroatoms. The fourth-order valence-electron chi connectivity index (χ4n) is 4.74. The number of allylic oxidation sites excluding steroid dienone is 1. The number of halogens is 3. The Morgan fingerprint density at radius 2 is 1.56 bits per heavy atom. The molecule has 7 nitrogen and oxygen atoms in total. The van der Waals surface area contributed by atoms with E-state index >= 15 is 0 Å². The van der Waals surface area contributed by atoms with Crippen molar-refractivity contribution in [3.63, 3.8) is 0 Å². The number of aromatic nitrogens is 2. The molecule has 1 aromatic heterocycles. The van der Waals surface area contributed by atoms with Crippen molar-refractivity contribution in [3.8, 4) is 5.69 Å². The Labute approximate surface area is 203 Å². The van der Waals surface area contributed by atoms with Gasteiger partial charge in [0.1, 0.15) is 11.3 Å². The van der Waals surface area contributed by atoms with Crippen LogP contribution < -0.4 is 11.2 Å². The van der Waals surface area contributed by atoms with Crippen LogP contribution in [0.1, 0.15) is 43.4 Å². The minimum Gasteiger partial charge on any atom is -0.506 e. The summed E-state index contributed by atoms with van der Waals surface area (Å²) in [7, 11) is 1.31. The van der Waals surface area contributed by atoms with Gasteiger partial charge in [-0.25, -0.2) is 9.36 Å². The van der Waals surface area contributed by atoms with Gasteiger partial charge in [-0.15, -0.1) is 0 Å². The van der Waals surface area contributed by atoms with E-state index < -0.39 is 51.4 Å². The molecule has 1 aliphatic carbocycles. The predicted molar refractivity (Wildman–Crippen MR) is 127 cm³/mol. The summed E-state index contributed by atoms with van der Waals surface area (Å²) in [5.74, 6) is -1.68. The number of ketones is 2. The molecule has 188 valence electrons. The van der Waals surface area contributed by atoms with Crippen molar-refractivity contribution in [2.45, 2.75) is 39.8 Å². The molecular weight excluding hydrogens is 477 g/mol. The first kappa shape index (κ1) is 25.2. The highest BCUT2D eigenvalue weighted by Gasteiger charge is 2.38. The highest BCUT2D eigenvalue weighted by atomic mass is 19.4. The van der Waals surface area contributed by atoms with Gasteiger partial charge in [0, 0.05) is 25.5 Å². The summed E-state index contributed by atoms with van der Waals surface area (Å²) < 4.78 is 42.5. The third-order valence-corrected chi connectivity index (χ3v) is 6.48. The van der Waals surface area contributed by atoms with Crippen LogP contribution in [0.4, 0.5) is 13.2 Å². The van der Waals surface area contributed by atoms with Crippen LogP contribution in [-0.2, 0) is 22.8 Å². The fourth-order valence-corrected chi connectivity index (χ4v) is 4.74. The lowest BCUT2D eigenvalue weighted by Gasteiger charge is -2.29. The molecule has 0 amide bonds. The first-order valence-corrected chi connectivity index (χ1v) is 11.1. The number of Topliss-reactive ketones (excluding diaryl/α,β-unsaturated/α-hetero) is 2. The van der Waals surface area contributed by atoms with Crippen LogP contribution in [0.3, 0.4) is 0 Å². The zero-order chi connectivity index (χ0) is 26.7. The van der Waals surface area contributed by atoms with Crippen molar-refractivity contribution >= 4 is 28.2 Å². The number of fused-ring (bicyclic) bond motifs is 1. The maximum absolute atomic E-state index is 13.7. The van der Waals surface area contributed by atoms with Crippen LogP contribution in [0.15, 0.2) is 51.6 Å². The maximum Gasteiger partial charge on any atom is 0.418 e. The number of para-hydroxylation sites is 1. The predicted octanol–water partition coefficient (Wildman–Crippen LogP) is 4.24. The Morgan fingerprint density at radius 3 is 2.14 bits per heavy atom. The van der Waals surface area contributed by atoms with Crippen LogP contribution >= 0.6 is 0 Å². The van der Waals surface area contributed by atoms with E-state index in [0.29, 0.717) is 4.57 Å². The fraction of sp³-hybridized carbons (Fsp3) is 0.308. The molecule has 0 radical (unpaired) electrons. The standard InChI is InChI=1S/C26H23F3N2O5/c1-13-14(22(34)21-18(32)11-25(2,3)12-19(21)33)9-10-17-20(13)23(35)31(24(36)30(17)4)16-8-6-5-7-15(16)26(27,28)29/h5-10,34H,11-12H2,1-4H3. The van der Waals surface area contributed by atoms with E-state index in [9.17, 15) is 37.5 Å². The van der Waals surface area contributed by atoms with Gasteiger partial charge in [-0.1, -0.05) is 26.0 Å². The van der Waals surface area contributed by atoms with Crippen molar-refractivity contribution in [1.82, 2.24) is 9.13 Å². The van der Waals surface area contributed by atoms with Gasteiger partial charge in [-0.2, -0.15) is 13.2 Å². The van der Waals surface area contributed by atoms with Crippen LogP contribution in [0, 0.1) is 12.3 Å². The molecule has 0 unspecified atom stereocenters. The Hall–Kier alpha value is -3.95. The average Bonchev–Trinajstić information content (AvgIpc) is 2.75. The number of aliphatic hydroxyl groups excluding tert-OH is 1. The Kier molecular flexibility index (Phi) is 5.81. The molecule has 1 heterocycles. The van der Waals surface area contributed by atoms with Gasteiger partial charge in [0.05, 0.1) is 22.2 Å². The first-order valence-electron chi connectivity index (χ1n) is 11.1. The van der Waals surface area contributed by atoms with E-state index in [0.717, 1.165) is 22.8 Å². The summed E-state index contributed by atoms with van der Waals surface area (Å²) in [6, 6.07) is 6.94. The second-order valence-electron chi connectivity index (χ2n) is 9.72. The summed E-state index contributed by atoms with van der Waals surface area (Å²) in [5, 5.41) is 10.8. The third kappa shape index (κ3) is 3.96. The SMILES string of the molecule is Cc1c(C(O)=C2C(=O)CC(C)(C)CC2=O)ccc2c1c(=O)n(-c1ccccc1C(F)(F)F)c(=O)n2C. The Morgan fingerprint density at radius 1 is 0.972 bits per heavy atom. The van der Waals surface area contributed by atoms with E-state index in [1.807, 2.05) is 0 Å². The number of aryl methyl sites for hydroxylation is 2. The van der Waals surface area contributed by atoms with Gasteiger partial charge < -0.3 is 5.11 Å². The lowest BCUT2D eigenvalue weighted by molar-refractivity contribution is -0.137.